The SMILES string of the molecule is COC(=O)COc1ccccc1Oc1cc(NC(=O)CC(C)(O)O)c(F)cc1Cl. The number of anilines is 1. The van der Waals surface area contributed by atoms with Crippen LogP contribution in [0.1, 0.15) is 13.3 Å². The van der Waals surface area contributed by atoms with Crippen molar-refractivity contribution in [2.24, 2.45) is 0 Å². The Morgan fingerprint density at radius 3 is 2.45 bits per heavy atom. The van der Waals surface area contributed by atoms with Gasteiger partial charge in [-0.25, -0.2) is 9.18 Å². The number of esters is 1. The third-order valence-electron chi connectivity index (χ3n) is 3.43. The fourth-order valence-electron chi connectivity index (χ4n) is 2.17. The predicted molar refractivity (Wildman–Crippen MR) is 102 cm³/mol. The van der Waals surface area contributed by atoms with Crippen LogP contribution in [0.2, 0.25) is 5.02 Å². The fourth-order valence-corrected chi connectivity index (χ4v) is 2.36. The van der Waals surface area contributed by atoms with Crippen LogP contribution in [0.3, 0.4) is 0 Å². The molecule has 0 saturated heterocycles. The molecule has 0 bridgehead atoms. The molecule has 0 fully saturated rings. The number of carbonyl (C=O) groups excluding carboxylic acids is 2. The van der Waals surface area contributed by atoms with Gasteiger partial charge in [0.1, 0.15) is 11.6 Å². The lowest BCUT2D eigenvalue weighted by atomic mass is 10.2. The molecule has 3 N–H and O–H groups in total. The second kappa shape index (κ2) is 9.55. The summed E-state index contributed by atoms with van der Waals surface area (Å²) in [6.45, 7) is 0.668. The van der Waals surface area contributed by atoms with Gasteiger partial charge in [0.2, 0.25) is 5.91 Å². The van der Waals surface area contributed by atoms with Crippen LogP contribution in [0, 0.1) is 5.82 Å². The molecule has 156 valence electrons. The average Bonchev–Trinajstić information content (AvgIpc) is 2.63. The first-order valence-corrected chi connectivity index (χ1v) is 8.67. The highest BCUT2D eigenvalue weighted by atomic mass is 35.5. The summed E-state index contributed by atoms with van der Waals surface area (Å²) in [5.41, 5.74) is -0.272. The zero-order valence-electron chi connectivity index (χ0n) is 15.6. The number of hydrogen-bond donors (Lipinski definition) is 3. The lowest BCUT2D eigenvalue weighted by Crippen LogP contribution is -2.30. The van der Waals surface area contributed by atoms with Gasteiger partial charge in [-0.1, -0.05) is 23.7 Å². The summed E-state index contributed by atoms with van der Waals surface area (Å²) in [7, 11) is 1.22. The molecule has 2 aromatic rings. The van der Waals surface area contributed by atoms with Crippen LogP contribution < -0.4 is 14.8 Å². The molecule has 10 heteroatoms. The number of benzene rings is 2. The van der Waals surface area contributed by atoms with Gasteiger partial charge >= 0.3 is 5.97 Å². The molecule has 0 atom stereocenters. The molecule has 0 aliphatic carbocycles. The number of hydrogen-bond acceptors (Lipinski definition) is 7. The third-order valence-corrected chi connectivity index (χ3v) is 3.73. The smallest absolute Gasteiger partial charge is 0.343 e. The Morgan fingerprint density at radius 1 is 1.17 bits per heavy atom. The Bertz CT molecular complexity index is 899. The van der Waals surface area contributed by atoms with Gasteiger partial charge in [0.25, 0.3) is 0 Å². The van der Waals surface area contributed by atoms with Crippen LogP contribution in [0.5, 0.6) is 17.2 Å². The molecule has 8 nitrogen and oxygen atoms in total. The number of nitrogens with one attached hydrogen (secondary N) is 1. The quantitative estimate of drug-likeness (QED) is 0.438. The minimum Gasteiger partial charge on any atom is -0.478 e. The van der Waals surface area contributed by atoms with E-state index in [9.17, 15) is 24.2 Å². The molecule has 1 amide bonds. The normalized spacial score (nSPS) is 11.0. The second-order valence-corrected chi connectivity index (χ2v) is 6.53. The van der Waals surface area contributed by atoms with Crippen LogP contribution in [-0.4, -0.2) is 41.6 Å². The first kappa shape index (κ1) is 22.4. The van der Waals surface area contributed by atoms with Crippen molar-refractivity contribution in [1.29, 1.82) is 0 Å². The van der Waals surface area contributed by atoms with E-state index in [1.807, 2.05) is 0 Å². The summed E-state index contributed by atoms with van der Waals surface area (Å²) in [4.78, 5) is 23.1. The van der Waals surface area contributed by atoms with Gasteiger partial charge in [0.15, 0.2) is 23.9 Å². The molecule has 0 heterocycles. The Balaban J connectivity index is 2.23. The van der Waals surface area contributed by atoms with Crippen molar-refractivity contribution in [2.75, 3.05) is 19.0 Å². The summed E-state index contributed by atoms with van der Waals surface area (Å²) in [5, 5.41) is 20.7. The number of ether oxygens (including phenoxy) is 3. The predicted octanol–water partition coefficient (Wildman–Crippen LogP) is 2.85. The largest absolute Gasteiger partial charge is 0.478 e. The Hall–Kier alpha value is -2.88. The molecule has 0 radical (unpaired) electrons. The summed E-state index contributed by atoms with van der Waals surface area (Å²) >= 11 is 6.02. The molecule has 0 aromatic heterocycles. The van der Waals surface area contributed by atoms with E-state index in [-0.39, 0.29) is 34.6 Å². The molecular formula is C19H19ClFNO7. The highest BCUT2D eigenvalue weighted by Crippen LogP contribution is 2.37. The number of aliphatic hydroxyl groups is 2. The van der Waals surface area contributed by atoms with Gasteiger partial charge in [0.05, 0.1) is 24.2 Å². The van der Waals surface area contributed by atoms with E-state index in [0.717, 1.165) is 19.1 Å². The average molecular weight is 428 g/mol. The van der Waals surface area contributed by atoms with Crippen molar-refractivity contribution in [1.82, 2.24) is 0 Å². The zero-order chi connectivity index (χ0) is 21.6. The van der Waals surface area contributed by atoms with E-state index in [1.165, 1.54) is 13.2 Å². The minimum atomic E-state index is -2.25. The van der Waals surface area contributed by atoms with Crippen molar-refractivity contribution in [3.63, 3.8) is 0 Å². The summed E-state index contributed by atoms with van der Waals surface area (Å²) in [6, 6.07) is 8.44. The molecule has 0 aliphatic heterocycles. The number of rotatable bonds is 8. The maximum Gasteiger partial charge on any atom is 0.343 e. The highest BCUT2D eigenvalue weighted by molar-refractivity contribution is 6.32. The number of amides is 1. The minimum absolute atomic E-state index is 0.00626. The van der Waals surface area contributed by atoms with Crippen molar-refractivity contribution >= 4 is 29.2 Å². The molecule has 0 unspecified atom stereocenters. The van der Waals surface area contributed by atoms with Gasteiger partial charge < -0.3 is 29.7 Å². The number of para-hydroxylation sites is 2. The van der Waals surface area contributed by atoms with Crippen molar-refractivity contribution in [2.45, 2.75) is 19.1 Å². The van der Waals surface area contributed by atoms with Crippen molar-refractivity contribution in [3.05, 3.63) is 47.2 Å². The lowest BCUT2D eigenvalue weighted by molar-refractivity contribution is -0.158. The maximum atomic E-state index is 14.1. The Morgan fingerprint density at radius 2 is 1.83 bits per heavy atom. The maximum absolute atomic E-state index is 14.1. The van der Waals surface area contributed by atoms with E-state index in [1.54, 1.807) is 18.2 Å². The van der Waals surface area contributed by atoms with Crippen LogP contribution >= 0.6 is 11.6 Å². The van der Waals surface area contributed by atoms with Crippen molar-refractivity contribution < 1.29 is 38.4 Å². The first-order valence-electron chi connectivity index (χ1n) is 8.29. The Labute approximate surface area is 170 Å². The summed E-state index contributed by atoms with van der Waals surface area (Å²) in [5.74, 6) is -4.13. The molecule has 2 aromatic carbocycles. The Kier molecular flexibility index (Phi) is 7.38. The number of carbonyl (C=O) groups is 2. The van der Waals surface area contributed by atoms with Gasteiger partial charge in [-0.3, -0.25) is 4.79 Å². The summed E-state index contributed by atoms with van der Waals surface area (Å²) < 4.78 is 29.6. The van der Waals surface area contributed by atoms with Gasteiger partial charge in [0, 0.05) is 6.07 Å². The van der Waals surface area contributed by atoms with Crippen LogP contribution in [0.25, 0.3) is 0 Å². The standard InChI is InChI=1S/C19H19ClFNO7/c1-19(25,26)9-17(23)22-13-8-16(11(20)7-12(13)21)29-15-6-4-3-5-14(15)28-10-18(24)27-2/h3-8,25-26H,9-10H2,1-2H3,(H,22,23). The molecule has 0 saturated carbocycles. The number of methoxy groups -OCH3 is 1. The zero-order valence-corrected chi connectivity index (χ0v) is 16.3. The van der Waals surface area contributed by atoms with E-state index in [0.29, 0.717) is 0 Å². The van der Waals surface area contributed by atoms with Crippen LogP contribution in [-0.2, 0) is 14.3 Å². The molecule has 0 spiro atoms. The number of halogens is 2. The van der Waals surface area contributed by atoms with Gasteiger partial charge in [-0.05, 0) is 25.1 Å². The van der Waals surface area contributed by atoms with E-state index in [2.05, 4.69) is 10.1 Å². The second-order valence-electron chi connectivity index (χ2n) is 6.12. The fraction of sp³-hybridized carbons (Fsp3) is 0.263. The van der Waals surface area contributed by atoms with Gasteiger partial charge in [-0.15, -0.1) is 0 Å². The van der Waals surface area contributed by atoms with E-state index in [4.69, 9.17) is 21.1 Å². The van der Waals surface area contributed by atoms with Gasteiger partial charge in [-0.2, -0.15) is 0 Å². The highest BCUT2D eigenvalue weighted by Gasteiger charge is 2.22. The molecule has 2 rings (SSSR count). The van der Waals surface area contributed by atoms with Crippen LogP contribution in [0.4, 0.5) is 10.1 Å². The lowest BCUT2D eigenvalue weighted by Gasteiger charge is -2.17. The van der Waals surface area contributed by atoms with E-state index >= 15 is 0 Å². The topological polar surface area (TPSA) is 114 Å². The third kappa shape index (κ3) is 6.90. The van der Waals surface area contributed by atoms with Crippen molar-refractivity contribution in [3.8, 4) is 17.2 Å². The van der Waals surface area contributed by atoms with Crippen LogP contribution in [0.15, 0.2) is 36.4 Å². The molecule has 0 aliphatic rings. The summed E-state index contributed by atoms with van der Waals surface area (Å²) in [6.07, 6.45) is -0.671. The molecule has 29 heavy (non-hydrogen) atoms. The monoisotopic (exact) mass is 427 g/mol. The first-order chi connectivity index (χ1) is 13.6. The molecular weight excluding hydrogens is 409 g/mol. The van der Waals surface area contributed by atoms with E-state index < -0.39 is 29.9 Å².